The second kappa shape index (κ2) is 5.19. The fourth-order valence-electron chi connectivity index (χ4n) is 1.77. The van der Waals surface area contributed by atoms with Gasteiger partial charge in [-0.3, -0.25) is 0 Å². The SMILES string of the molecule is CC(Nc1ccc(-c2nnco2)cc1)c1cscn1. The van der Waals surface area contributed by atoms with Gasteiger partial charge in [-0.2, -0.15) is 0 Å². The van der Waals surface area contributed by atoms with E-state index in [0.717, 1.165) is 16.9 Å². The molecule has 0 aliphatic rings. The first kappa shape index (κ1) is 11.9. The van der Waals surface area contributed by atoms with Gasteiger partial charge in [-0.05, 0) is 31.2 Å². The fraction of sp³-hybridized carbons (Fsp3) is 0.154. The molecule has 2 aromatic heterocycles. The van der Waals surface area contributed by atoms with Crippen molar-refractivity contribution in [1.82, 2.24) is 15.2 Å². The van der Waals surface area contributed by atoms with Crippen LogP contribution in [0.4, 0.5) is 5.69 Å². The molecule has 96 valence electrons. The van der Waals surface area contributed by atoms with E-state index in [2.05, 4.69) is 27.4 Å². The molecule has 0 aliphatic carbocycles. The molecule has 0 aliphatic heterocycles. The van der Waals surface area contributed by atoms with Gasteiger partial charge < -0.3 is 9.73 Å². The molecule has 1 atom stereocenters. The molecule has 1 N–H and O–H groups in total. The Balaban J connectivity index is 1.73. The van der Waals surface area contributed by atoms with Crippen molar-refractivity contribution in [1.29, 1.82) is 0 Å². The summed E-state index contributed by atoms with van der Waals surface area (Å²) in [6.07, 6.45) is 1.33. The van der Waals surface area contributed by atoms with Crippen molar-refractivity contribution in [2.75, 3.05) is 5.32 Å². The second-order valence-corrected chi connectivity index (χ2v) is 4.82. The van der Waals surface area contributed by atoms with Gasteiger partial charge in [-0.1, -0.05) is 0 Å². The molecular formula is C13H12N4OS. The molecule has 19 heavy (non-hydrogen) atoms. The summed E-state index contributed by atoms with van der Waals surface area (Å²) in [5.41, 5.74) is 4.82. The molecule has 1 unspecified atom stereocenters. The molecule has 6 heteroatoms. The zero-order valence-corrected chi connectivity index (χ0v) is 11.1. The monoisotopic (exact) mass is 272 g/mol. The number of anilines is 1. The van der Waals surface area contributed by atoms with Crippen LogP contribution in [0.2, 0.25) is 0 Å². The number of rotatable bonds is 4. The van der Waals surface area contributed by atoms with E-state index in [1.54, 1.807) is 11.3 Å². The van der Waals surface area contributed by atoms with Gasteiger partial charge in [0.2, 0.25) is 12.3 Å². The van der Waals surface area contributed by atoms with Crippen molar-refractivity contribution >= 4 is 17.0 Å². The van der Waals surface area contributed by atoms with Gasteiger partial charge in [0.1, 0.15) is 0 Å². The van der Waals surface area contributed by atoms with E-state index in [1.165, 1.54) is 6.39 Å². The minimum absolute atomic E-state index is 0.181. The smallest absolute Gasteiger partial charge is 0.247 e. The van der Waals surface area contributed by atoms with E-state index in [1.807, 2.05) is 35.2 Å². The lowest BCUT2D eigenvalue weighted by Crippen LogP contribution is -2.06. The third kappa shape index (κ3) is 2.63. The van der Waals surface area contributed by atoms with E-state index >= 15 is 0 Å². The minimum Gasteiger partial charge on any atom is -0.423 e. The van der Waals surface area contributed by atoms with Crippen LogP contribution in [0, 0.1) is 0 Å². The fourth-order valence-corrected chi connectivity index (χ4v) is 2.42. The Hall–Kier alpha value is -2.21. The van der Waals surface area contributed by atoms with Crippen molar-refractivity contribution in [2.24, 2.45) is 0 Å². The summed E-state index contributed by atoms with van der Waals surface area (Å²) < 4.78 is 5.15. The Morgan fingerprint density at radius 3 is 2.74 bits per heavy atom. The second-order valence-electron chi connectivity index (χ2n) is 4.10. The van der Waals surface area contributed by atoms with E-state index in [9.17, 15) is 0 Å². The number of nitrogens with one attached hydrogen (secondary N) is 1. The lowest BCUT2D eigenvalue weighted by molar-refractivity contribution is 0.568. The summed E-state index contributed by atoms with van der Waals surface area (Å²) in [5.74, 6) is 0.527. The van der Waals surface area contributed by atoms with Crippen LogP contribution in [-0.4, -0.2) is 15.2 Å². The van der Waals surface area contributed by atoms with Crippen LogP contribution in [0.25, 0.3) is 11.5 Å². The summed E-state index contributed by atoms with van der Waals surface area (Å²) in [5, 5.41) is 13.0. The molecule has 0 radical (unpaired) electrons. The van der Waals surface area contributed by atoms with E-state index in [-0.39, 0.29) is 6.04 Å². The number of nitrogens with zero attached hydrogens (tertiary/aromatic N) is 3. The van der Waals surface area contributed by atoms with Crippen molar-refractivity contribution in [3.8, 4) is 11.5 Å². The molecule has 3 aromatic rings. The Labute approximate surface area is 114 Å². The first-order valence-corrected chi connectivity index (χ1v) is 6.78. The highest BCUT2D eigenvalue weighted by Gasteiger charge is 2.08. The maximum atomic E-state index is 5.15. The van der Waals surface area contributed by atoms with E-state index < -0.39 is 0 Å². The number of hydrogen-bond donors (Lipinski definition) is 1. The third-order valence-electron chi connectivity index (χ3n) is 2.77. The maximum absolute atomic E-state index is 5.15. The standard InChI is InChI=1S/C13H12N4OS/c1-9(12-6-19-8-14-12)16-11-4-2-10(3-5-11)13-17-15-7-18-13/h2-9,16H,1H3. The van der Waals surface area contributed by atoms with Gasteiger partial charge in [-0.25, -0.2) is 4.98 Å². The largest absolute Gasteiger partial charge is 0.423 e. The van der Waals surface area contributed by atoms with Crippen molar-refractivity contribution < 1.29 is 4.42 Å². The highest BCUT2D eigenvalue weighted by molar-refractivity contribution is 7.07. The molecule has 0 spiro atoms. The molecule has 0 amide bonds. The van der Waals surface area contributed by atoms with Gasteiger partial charge in [0, 0.05) is 16.6 Å². The maximum Gasteiger partial charge on any atom is 0.247 e. The normalized spacial score (nSPS) is 12.3. The summed E-state index contributed by atoms with van der Waals surface area (Å²) in [6.45, 7) is 2.08. The topological polar surface area (TPSA) is 63.8 Å². The highest BCUT2D eigenvalue weighted by atomic mass is 32.1. The van der Waals surface area contributed by atoms with Crippen LogP contribution < -0.4 is 5.32 Å². The zero-order valence-electron chi connectivity index (χ0n) is 10.3. The molecule has 0 bridgehead atoms. The van der Waals surface area contributed by atoms with Crippen molar-refractivity contribution in [3.05, 3.63) is 47.2 Å². The van der Waals surface area contributed by atoms with E-state index in [4.69, 9.17) is 4.42 Å². The van der Waals surface area contributed by atoms with Crippen molar-refractivity contribution in [2.45, 2.75) is 13.0 Å². The average molecular weight is 272 g/mol. The van der Waals surface area contributed by atoms with Crippen LogP contribution in [0.5, 0.6) is 0 Å². The highest BCUT2D eigenvalue weighted by Crippen LogP contribution is 2.22. The number of thiazole rings is 1. The van der Waals surface area contributed by atoms with E-state index in [0.29, 0.717) is 5.89 Å². The lowest BCUT2D eigenvalue weighted by Gasteiger charge is -2.13. The molecule has 0 fully saturated rings. The van der Waals surface area contributed by atoms with Gasteiger partial charge >= 0.3 is 0 Å². The number of aromatic nitrogens is 3. The Morgan fingerprint density at radius 1 is 1.26 bits per heavy atom. The molecule has 3 rings (SSSR count). The molecule has 2 heterocycles. The molecule has 0 saturated carbocycles. The summed E-state index contributed by atoms with van der Waals surface area (Å²) in [4.78, 5) is 4.29. The Kier molecular flexibility index (Phi) is 3.24. The third-order valence-corrected chi connectivity index (χ3v) is 3.37. The van der Waals surface area contributed by atoms with Gasteiger partial charge in [0.05, 0.1) is 17.2 Å². The first-order chi connectivity index (χ1) is 9.33. The summed E-state index contributed by atoms with van der Waals surface area (Å²) in [7, 11) is 0. The average Bonchev–Trinajstić information content (AvgIpc) is 3.13. The molecule has 0 saturated heterocycles. The molecule has 1 aromatic carbocycles. The van der Waals surface area contributed by atoms with Crippen LogP contribution in [0.3, 0.4) is 0 Å². The van der Waals surface area contributed by atoms with Crippen LogP contribution in [-0.2, 0) is 0 Å². The zero-order chi connectivity index (χ0) is 13.1. The predicted octanol–water partition coefficient (Wildman–Crippen LogP) is 3.37. The quantitative estimate of drug-likeness (QED) is 0.789. The van der Waals surface area contributed by atoms with Crippen LogP contribution >= 0.6 is 11.3 Å². The number of benzene rings is 1. The van der Waals surface area contributed by atoms with Crippen molar-refractivity contribution in [3.63, 3.8) is 0 Å². The van der Waals surface area contributed by atoms with Gasteiger partial charge in [0.25, 0.3) is 0 Å². The van der Waals surface area contributed by atoms with Gasteiger partial charge in [0.15, 0.2) is 0 Å². The Bertz CT molecular complexity index is 619. The summed E-state index contributed by atoms with van der Waals surface area (Å²) >= 11 is 1.60. The minimum atomic E-state index is 0.181. The lowest BCUT2D eigenvalue weighted by atomic mass is 10.2. The number of hydrogen-bond acceptors (Lipinski definition) is 6. The Morgan fingerprint density at radius 2 is 2.11 bits per heavy atom. The van der Waals surface area contributed by atoms with Gasteiger partial charge in [-0.15, -0.1) is 21.5 Å². The molecule has 5 nitrogen and oxygen atoms in total. The van der Waals surface area contributed by atoms with Crippen LogP contribution in [0.1, 0.15) is 18.7 Å². The first-order valence-electron chi connectivity index (χ1n) is 5.84. The van der Waals surface area contributed by atoms with Crippen LogP contribution in [0.15, 0.2) is 46.0 Å². The molecular weight excluding hydrogens is 260 g/mol. The predicted molar refractivity (Wildman–Crippen MR) is 73.9 cm³/mol. The summed E-state index contributed by atoms with van der Waals surface area (Å²) in [6, 6.07) is 8.05.